The maximum Gasteiger partial charge on any atom is 0.325 e. The molecule has 1 heterocycles. The number of rotatable bonds is 4. The molecular weight excluding hydrogens is 342 g/mol. The molecule has 3 rings (SSSR count). The lowest BCUT2D eigenvalue weighted by Crippen LogP contribution is -2.47. The van der Waals surface area contributed by atoms with Gasteiger partial charge in [-0.15, -0.1) is 0 Å². The van der Waals surface area contributed by atoms with Crippen molar-refractivity contribution in [1.29, 1.82) is 0 Å². The standard InChI is InChI=1S/C21H29N3O3/c1-14-5-9-16(10-6-14)21(3)19(26)24(20(27)22-21)13-18(25)23(4)17-11-7-15(2)8-12-17/h5-6,9-10,15,17H,7-8,11-13H2,1-4H3,(H,22,27)/t15?,17?,21-/m0/s1. The number of aryl methyl sites for hydroxylation is 1. The number of carbonyl (C=O) groups is 3. The molecule has 1 aliphatic heterocycles. The average Bonchev–Trinajstić information content (AvgIpc) is 2.86. The van der Waals surface area contributed by atoms with Crippen LogP contribution in [-0.4, -0.2) is 47.3 Å². The molecule has 0 bridgehead atoms. The highest BCUT2D eigenvalue weighted by Gasteiger charge is 2.49. The van der Waals surface area contributed by atoms with Gasteiger partial charge in [0.2, 0.25) is 5.91 Å². The third-order valence-corrected chi connectivity index (χ3v) is 6.12. The fourth-order valence-corrected chi connectivity index (χ4v) is 4.00. The maximum atomic E-state index is 13.0. The number of carbonyl (C=O) groups excluding carboxylic acids is 3. The van der Waals surface area contributed by atoms with E-state index in [2.05, 4.69) is 12.2 Å². The van der Waals surface area contributed by atoms with Crippen LogP contribution in [0.5, 0.6) is 0 Å². The number of hydrogen-bond acceptors (Lipinski definition) is 3. The van der Waals surface area contributed by atoms with E-state index >= 15 is 0 Å². The topological polar surface area (TPSA) is 69.7 Å². The molecule has 2 fully saturated rings. The van der Waals surface area contributed by atoms with Crippen LogP contribution in [0.4, 0.5) is 4.79 Å². The van der Waals surface area contributed by atoms with E-state index in [9.17, 15) is 14.4 Å². The van der Waals surface area contributed by atoms with Gasteiger partial charge >= 0.3 is 6.03 Å². The Morgan fingerprint density at radius 3 is 2.37 bits per heavy atom. The van der Waals surface area contributed by atoms with Crippen LogP contribution in [0.15, 0.2) is 24.3 Å². The summed E-state index contributed by atoms with van der Waals surface area (Å²) < 4.78 is 0. The Morgan fingerprint density at radius 2 is 1.78 bits per heavy atom. The zero-order chi connectivity index (χ0) is 19.8. The van der Waals surface area contributed by atoms with E-state index in [0.717, 1.165) is 41.7 Å². The van der Waals surface area contributed by atoms with Gasteiger partial charge in [0.1, 0.15) is 12.1 Å². The van der Waals surface area contributed by atoms with Crippen molar-refractivity contribution in [3.8, 4) is 0 Å². The molecule has 1 aliphatic carbocycles. The Hall–Kier alpha value is -2.37. The number of nitrogens with one attached hydrogen (secondary N) is 1. The fraction of sp³-hybridized carbons (Fsp3) is 0.571. The van der Waals surface area contributed by atoms with Crippen LogP contribution < -0.4 is 5.32 Å². The first-order chi connectivity index (χ1) is 12.7. The first-order valence-corrected chi connectivity index (χ1v) is 9.69. The van der Waals surface area contributed by atoms with E-state index in [1.165, 1.54) is 0 Å². The number of amides is 4. The summed E-state index contributed by atoms with van der Waals surface area (Å²) in [4.78, 5) is 40.9. The quantitative estimate of drug-likeness (QED) is 0.828. The van der Waals surface area contributed by atoms with Crippen molar-refractivity contribution in [2.45, 2.75) is 58.0 Å². The zero-order valence-corrected chi connectivity index (χ0v) is 16.6. The predicted molar refractivity (Wildman–Crippen MR) is 103 cm³/mol. The molecule has 1 N–H and O–H groups in total. The first kappa shape index (κ1) is 19.4. The van der Waals surface area contributed by atoms with Crippen LogP contribution in [0.2, 0.25) is 0 Å². The van der Waals surface area contributed by atoms with Crippen LogP contribution in [0.25, 0.3) is 0 Å². The summed E-state index contributed by atoms with van der Waals surface area (Å²) in [6.45, 7) is 5.68. The molecule has 4 amide bonds. The summed E-state index contributed by atoms with van der Waals surface area (Å²) in [6.07, 6.45) is 4.17. The van der Waals surface area contributed by atoms with Crippen molar-refractivity contribution in [2.75, 3.05) is 13.6 Å². The smallest absolute Gasteiger partial charge is 0.325 e. The fourth-order valence-electron chi connectivity index (χ4n) is 4.00. The van der Waals surface area contributed by atoms with E-state index < -0.39 is 11.6 Å². The molecule has 2 aliphatic rings. The average molecular weight is 371 g/mol. The molecule has 0 spiro atoms. The molecule has 1 aromatic carbocycles. The van der Waals surface area contributed by atoms with Gasteiger partial charge in [-0.1, -0.05) is 36.8 Å². The van der Waals surface area contributed by atoms with Gasteiger partial charge in [-0.3, -0.25) is 14.5 Å². The van der Waals surface area contributed by atoms with E-state index in [1.54, 1.807) is 18.9 Å². The number of benzene rings is 1. The predicted octanol–water partition coefficient (Wildman–Crippen LogP) is 2.80. The lowest BCUT2D eigenvalue weighted by molar-refractivity contribution is -0.139. The number of likely N-dealkylation sites (N-methyl/N-ethyl adjacent to an activating group) is 1. The summed E-state index contributed by atoms with van der Waals surface area (Å²) in [5, 5.41) is 2.76. The van der Waals surface area contributed by atoms with Crippen LogP contribution in [0, 0.1) is 12.8 Å². The van der Waals surface area contributed by atoms with Crippen LogP contribution in [-0.2, 0) is 15.1 Å². The van der Waals surface area contributed by atoms with E-state index in [0.29, 0.717) is 5.92 Å². The summed E-state index contributed by atoms with van der Waals surface area (Å²) in [7, 11) is 1.78. The van der Waals surface area contributed by atoms with Crippen molar-refractivity contribution in [1.82, 2.24) is 15.1 Å². The Balaban J connectivity index is 1.70. The highest BCUT2D eigenvalue weighted by Crippen LogP contribution is 2.30. The SMILES string of the molecule is Cc1ccc([C@]2(C)NC(=O)N(CC(=O)N(C)C3CCC(C)CC3)C2=O)cc1. The van der Waals surface area contributed by atoms with Crippen molar-refractivity contribution >= 4 is 17.8 Å². The molecule has 0 aromatic heterocycles. The van der Waals surface area contributed by atoms with Crippen LogP contribution in [0.3, 0.4) is 0 Å². The Labute approximate surface area is 160 Å². The molecule has 0 radical (unpaired) electrons. The summed E-state index contributed by atoms with van der Waals surface area (Å²) in [5.41, 5.74) is 0.662. The van der Waals surface area contributed by atoms with Crippen LogP contribution in [0.1, 0.15) is 50.7 Å². The molecule has 6 nitrogen and oxygen atoms in total. The highest BCUT2D eigenvalue weighted by atomic mass is 16.2. The van der Waals surface area contributed by atoms with Crippen molar-refractivity contribution in [2.24, 2.45) is 5.92 Å². The molecule has 1 saturated carbocycles. The lowest BCUT2D eigenvalue weighted by atomic mass is 9.87. The number of imide groups is 1. The monoisotopic (exact) mass is 371 g/mol. The van der Waals surface area contributed by atoms with Gasteiger partial charge in [0.05, 0.1) is 0 Å². The van der Waals surface area contributed by atoms with Gasteiger partial charge in [0.25, 0.3) is 5.91 Å². The second-order valence-electron chi connectivity index (χ2n) is 8.23. The van der Waals surface area contributed by atoms with Gasteiger partial charge in [-0.05, 0) is 51.0 Å². The third-order valence-electron chi connectivity index (χ3n) is 6.12. The van der Waals surface area contributed by atoms with Gasteiger partial charge in [-0.2, -0.15) is 0 Å². The van der Waals surface area contributed by atoms with Gasteiger partial charge in [0, 0.05) is 13.1 Å². The van der Waals surface area contributed by atoms with Crippen molar-refractivity contribution in [3.63, 3.8) is 0 Å². The minimum atomic E-state index is -1.14. The minimum Gasteiger partial charge on any atom is -0.341 e. The lowest BCUT2D eigenvalue weighted by Gasteiger charge is -2.34. The van der Waals surface area contributed by atoms with Crippen molar-refractivity contribution in [3.05, 3.63) is 35.4 Å². The number of urea groups is 1. The zero-order valence-electron chi connectivity index (χ0n) is 16.6. The normalized spacial score (nSPS) is 28.2. The molecule has 1 atom stereocenters. The molecule has 6 heteroatoms. The molecule has 27 heavy (non-hydrogen) atoms. The number of hydrogen-bond donors (Lipinski definition) is 1. The molecule has 1 saturated heterocycles. The Morgan fingerprint density at radius 1 is 1.19 bits per heavy atom. The highest BCUT2D eigenvalue weighted by molar-refractivity contribution is 6.09. The Bertz CT molecular complexity index is 738. The second kappa shape index (κ2) is 7.33. The number of nitrogens with zero attached hydrogens (tertiary/aromatic N) is 2. The van der Waals surface area contributed by atoms with E-state index in [1.807, 2.05) is 31.2 Å². The largest absolute Gasteiger partial charge is 0.341 e. The summed E-state index contributed by atoms with van der Waals surface area (Å²) in [5.74, 6) is 0.132. The molecule has 1 aromatic rings. The first-order valence-electron chi connectivity index (χ1n) is 9.69. The summed E-state index contributed by atoms with van der Waals surface area (Å²) in [6, 6.07) is 7.18. The van der Waals surface area contributed by atoms with E-state index in [-0.39, 0.29) is 24.4 Å². The maximum absolute atomic E-state index is 13.0. The second-order valence-corrected chi connectivity index (χ2v) is 8.23. The van der Waals surface area contributed by atoms with Crippen LogP contribution >= 0.6 is 0 Å². The minimum absolute atomic E-state index is 0.189. The Kier molecular flexibility index (Phi) is 5.27. The third kappa shape index (κ3) is 3.70. The molecular formula is C21H29N3O3. The van der Waals surface area contributed by atoms with Gasteiger partial charge in [0.15, 0.2) is 0 Å². The van der Waals surface area contributed by atoms with Gasteiger partial charge in [-0.25, -0.2) is 4.79 Å². The van der Waals surface area contributed by atoms with Gasteiger partial charge < -0.3 is 10.2 Å². The molecule has 0 unspecified atom stereocenters. The summed E-state index contributed by atoms with van der Waals surface area (Å²) >= 11 is 0. The molecule has 146 valence electrons. The van der Waals surface area contributed by atoms with Crippen molar-refractivity contribution < 1.29 is 14.4 Å². The van der Waals surface area contributed by atoms with E-state index in [4.69, 9.17) is 0 Å².